The van der Waals surface area contributed by atoms with Gasteiger partial charge in [0.05, 0.1) is 24.3 Å². The average molecular weight is 272 g/mol. The third kappa shape index (κ3) is 4.05. The van der Waals surface area contributed by atoms with Gasteiger partial charge in [0.2, 0.25) is 0 Å². The predicted molar refractivity (Wildman–Crippen MR) is 71.3 cm³/mol. The number of hydrogen-bond acceptors (Lipinski definition) is 4. The summed E-state index contributed by atoms with van der Waals surface area (Å²) in [5, 5.41) is 21.5. The van der Waals surface area contributed by atoms with Crippen LogP contribution in [-0.2, 0) is 0 Å². The van der Waals surface area contributed by atoms with E-state index >= 15 is 0 Å². The molecule has 1 unspecified atom stereocenters. The highest BCUT2D eigenvalue weighted by molar-refractivity contribution is 6.32. The lowest BCUT2D eigenvalue weighted by Gasteiger charge is -2.12. The van der Waals surface area contributed by atoms with Gasteiger partial charge in [0.15, 0.2) is 0 Å². The van der Waals surface area contributed by atoms with Gasteiger partial charge >= 0.3 is 0 Å². The van der Waals surface area contributed by atoms with Crippen LogP contribution in [0.3, 0.4) is 0 Å². The Morgan fingerprint density at radius 2 is 2.22 bits per heavy atom. The molecule has 0 spiro atoms. The molecule has 0 saturated heterocycles. The normalized spacial score (nSPS) is 16.4. The lowest BCUT2D eigenvalue weighted by molar-refractivity contribution is 0.105. The molecule has 2 rings (SSSR count). The SMILES string of the molecule is OCC(O)CNc1ccc(OCC2CC2)c(Cl)c1. The second-order valence-corrected chi connectivity index (χ2v) is 5.02. The molecular formula is C13H18ClNO3. The van der Waals surface area contributed by atoms with Crippen molar-refractivity contribution in [3.8, 4) is 5.75 Å². The van der Waals surface area contributed by atoms with Gasteiger partial charge in [-0.3, -0.25) is 0 Å². The number of aliphatic hydroxyl groups is 2. The van der Waals surface area contributed by atoms with Crippen LogP contribution in [0, 0.1) is 5.92 Å². The topological polar surface area (TPSA) is 61.7 Å². The molecule has 0 amide bonds. The summed E-state index contributed by atoms with van der Waals surface area (Å²) in [7, 11) is 0. The van der Waals surface area contributed by atoms with Crippen molar-refractivity contribution < 1.29 is 14.9 Å². The van der Waals surface area contributed by atoms with Gasteiger partial charge in [-0.2, -0.15) is 0 Å². The molecule has 1 saturated carbocycles. The van der Waals surface area contributed by atoms with Gasteiger partial charge in [0.25, 0.3) is 0 Å². The Balaban J connectivity index is 1.87. The number of rotatable bonds is 7. The van der Waals surface area contributed by atoms with E-state index in [1.54, 1.807) is 6.07 Å². The van der Waals surface area contributed by atoms with Crippen molar-refractivity contribution in [3.05, 3.63) is 23.2 Å². The van der Waals surface area contributed by atoms with Crippen molar-refractivity contribution in [2.24, 2.45) is 5.92 Å². The summed E-state index contributed by atoms with van der Waals surface area (Å²) in [4.78, 5) is 0. The van der Waals surface area contributed by atoms with Gasteiger partial charge in [-0.15, -0.1) is 0 Å². The van der Waals surface area contributed by atoms with Crippen LogP contribution in [0.5, 0.6) is 5.75 Å². The summed E-state index contributed by atoms with van der Waals surface area (Å²) in [5.74, 6) is 1.38. The first-order valence-corrected chi connectivity index (χ1v) is 6.52. The zero-order valence-electron chi connectivity index (χ0n) is 10.1. The van der Waals surface area contributed by atoms with Crippen LogP contribution >= 0.6 is 11.6 Å². The summed E-state index contributed by atoms with van der Waals surface area (Å²) >= 11 is 6.11. The molecule has 0 radical (unpaired) electrons. The number of nitrogens with one attached hydrogen (secondary N) is 1. The smallest absolute Gasteiger partial charge is 0.138 e. The first kappa shape index (κ1) is 13.5. The Labute approximate surface area is 112 Å². The minimum atomic E-state index is -0.769. The monoisotopic (exact) mass is 271 g/mol. The van der Waals surface area contributed by atoms with Gasteiger partial charge in [-0.05, 0) is 37.0 Å². The first-order chi connectivity index (χ1) is 8.69. The van der Waals surface area contributed by atoms with Crippen molar-refractivity contribution in [3.63, 3.8) is 0 Å². The Morgan fingerprint density at radius 1 is 1.44 bits per heavy atom. The molecule has 0 bridgehead atoms. The molecule has 100 valence electrons. The molecule has 3 N–H and O–H groups in total. The summed E-state index contributed by atoms with van der Waals surface area (Å²) in [6.07, 6.45) is 1.72. The quantitative estimate of drug-likeness (QED) is 0.709. The van der Waals surface area contributed by atoms with Crippen molar-refractivity contribution >= 4 is 17.3 Å². The Hall–Kier alpha value is -0.970. The largest absolute Gasteiger partial charge is 0.492 e. The number of ether oxygens (including phenoxy) is 1. The average Bonchev–Trinajstić information content (AvgIpc) is 3.18. The Kier molecular flexibility index (Phi) is 4.69. The molecule has 5 heteroatoms. The molecule has 1 aliphatic rings. The molecule has 1 aromatic carbocycles. The van der Waals surface area contributed by atoms with Crippen LogP contribution < -0.4 is 10.1 Å². The zero-order valence-corrected chi connectivity index (χ0v) is 10.9. The predicted octanol–water partition coefficient (Wildman–Crippen LogP) is 1.89. The fourth-order valence-electron chi connectivity index (χ4n) is 1.52. The fourth-order valence-corrected chi connectivity index (χ4v) is 1.76. The summed E-state index contributed by atoms with van der Waals surface area (Å²) in [6, 6.07) is 5.42. The maximum absolute atomic E-state index is 9.23. The Bertz CT molecular complexity index is 396. The van der Waals surface area contributed by atoms with Crippen molar-refractivity contribution in [1.29, 1.82) is 0 Å². The van der Waals surface area contributed by atoms with Crippen LogP contribution in [-0.4, -0.2) is 36.1 Å². The van der Waals surface area contributed by atoms with E-state index in [1.807, 2.05) is 12.1 Å². The molecule has 0 aliphatic heterocycles. The van der Waals surface area contributed by atoms with Gasteiger partial charge in [-0.25, -0.2) is 0 Å². The van der Waals surface area contributed by atoms with E-state index in [1.165, 1.54) is 12.8 Å². The fraction of sp³-hybridized carbons (Fsp3) is 0.538. The van der Waals surface area contributed by atoms with Gasteiger partial charge in [0.1, 0.15) is 5.75 Å². The highest BCUT2D eigenvalue weighted by Crippen LogP contribution is 2.32. The summed E-state index contributed by atoms with van der Waals surface area (Å²) in [5.41, 5.74) is 0.797. The van der Waals surface area contributed by atoms with Crippen molar-refractivity contribution in [2.75, 3.05) is 25.1 Å². The van der Waals surface area contributed by atoms with E-state index in [9.17, 15) is 5.11 Å². The molecular weight excluding hydrogens is 254 g/mol. The van der Waals surface area contributed by atoms with E-state index < -0.39 is 6.10 Å². The molecule has 1 aliphatic carbocycles. The molecule has 4 nitrogen and oxygen atoms in total. The third-order valence-corrected chi connectivity index (χ3v) is 3.15. The van der Waals surface area contributed by atoms with E-state index in [-0.39, 0.29) is 13.2 Å². The molecule has 1 aromatic rings. The van der Waals surface area contributed by atoms with Gasteiger partial charge in [0, 0.05) is 12.2 Å². The zero-order chi connectivity index (χ0) is 13.0. The molecule has 0 heterocycles. The minimum absolute atomic E-state index is 0.261. The standard InChI is InChI=1S/C13H18ClNO3/c14-12-5-10(15-6-11(17)7-16)3-4-13(12)18-8-9-1-2-9/h3-5,9,11,15-17H,1-2,6-8H2. The van der Waals surface area contributed by atoms with Crippen molar-refractivity contribution in [2.45, 2.75) is 18.9 Å². The van der Waals surface area contributed by atoms with Crippen LogP contribution in [0.2, 0.25) is 5.02 Å². The van der Waals surface area contributed by atoms with Crippen molar-refractivity contribution in [1.82, 2.24) is 0 Å². The lowest BCUT2D eigenvalue weighted by Crippen LogP contribution is -2.22. The number of aliphatic hydroxyl groups excluding tert-OH is 2. The van der Waals surface area contributed by atoms with Crippen LogP contribution in [0.1, 0.15) is 12.8 Å². The maximum atomic E-state index is 9.23. The number of anilines is 1. The first-order valence-electron chi connectivity index (χ1n) is 6.14. The molecule has 0 aromatic heterocycles. The highest BCUT2D eigenvalue weighted by Gasteiger charge is 2.22. The van der Waals surface area contributed by atoms with Crippen LogP contribution in [0.15, 0.2) is 18.2 Å². The van der Waals surface area contributed by atoms with Crippen LogP contribution in [0.25, 0.3) is 0 Å². The van der Waals surface area contributed by atoms with Crippen LogP contribution in [0.4, 0.5) is 5.69 Å². The third-order valence-electron chi connectivity index (χ3n) is 2.86. The maximum Gasteiger partial charge on any atom is 0.138 e. The van der Waals surface area contributed by atoms with Gasteiger partial charge in [-0.1, -0.05) is 11.6 Å². The van der Waals surface area contributed by atoms with Gasteiger partial charge < -0.3 is 20.3 Å². The minimum Gasteiger partial charge on any atom is -0.492 e. The lowest BCUT2D eigenvalue weighted by atomic mass is 10.3. The second kappa shape index (κ2) is 6.27. The molecule has 1 atom stereocenters. The number of benzene rings is 1. The van der Waals surface area contributed by atoms with E-state index in [4.69, 9.17) is 21.4 Å². The second-order valence-electron chi connectivity index (χ2n) is 4.62. The molecule has 18 heavy (non-hydrogen) atoms. The summed E-state index contributed by atoms with van der Waals surface area (Å²) < 4.78 is 5.61. The van der Waals surface area contributed by atoms with E-state index in [0.717, 1.165) is 12.3 Å². The highest BCUT2D eigenvalue weighted by atomic mass is 35.5. The van der Waals surface area contributed by atoms with E-state index in [0.29, 0.717) is 16.7 Å². The molecule has 1 fully saturated rings. The number of halogens is 1. The van der Waals surface area contributed by atoms with E-state index in [2.05, 4.69) is 5.32 Å². The Morgan fingerprint density at radius 3 is 2.83 bits per heavy atom. The number of hydrogen-bond donors (Lipinski definition) is 3. The summed E-state index contributed by atoms with van der Waals surface area (Å²) in [6.45, 7) is 0.758.